The molecule has 1 rings (SSSR count). The molecule has 0 unspecified atom stereocenters. The van der Waals surface area contributed by atoms with Gasteiger partial charge in [-0.2, -0.15) is 0 Å². The third-order valence-corrected chi connectivity index (χ3v) is 11.7. The van der Waals surface area contributed by atoms with Crippen molar-refractivity contribution in [2.75, 3.05) is 6.61 Å². The van der Waals surface area contributed by atoms with Crippen LogP contribution in [-0.2, 0) is 4.43 Å². The first-order valence-corrected chi connectivity index (χ1v) is 17.3. The highest BCUT2D eigenvalue weighted by atomic mass is 28.4. The monoisotopic (exact) mass is 406 g/mol. The second-order valence-electron chi connectivity index (χ2n) is 12.1. The molecule has 1 nitrogen and oxygen atoms in total. The van der Waals surface area contributed by atoms with E-state index in [4.69, 9.17) is 4.43 Å². The predicted octanol–water partition coefficient (Wildman–Crippen LogP) is 7.67. The molecule has 0 heterocycles. The second kappa shape index (κ2) is 9.01. The maximum atomic E-state index is 6.54. The maximum absolute atomic E-state index is 6.54. The summed E-state index contributed by atoms with van der Waals surface area (Å²) in [7, 11) is -2.88. The van der Waals surface area contributed by atoms with Crippen molar-refractivity contribution in [3.63, 3.8) is 0 Å². The summed E-state index contributed by atoms with van der Waals surface area (Å²) in [5, 5.41) is 0.287. The molecule has 0 bridgehead atoms. The van der Waals surface area contributed by atoms with Crippen molar-refractivity contribution >= 4 is 16.4 Å². The molecule has 1 aliphatic carbocycles. The van der Waals surface area contributed by atoms with Gasteiger partial charge in [-0.3, -0.25) is 0 Å². The van der Waals surface area contributed by atoms with E-state index in [-0.39, 0.29) is 10.5 Å². The molecule has 0 aromatic heterocycles. The zero-order valence-corrected chi connectivity index (χ0v) is 22.2. The van der Waals surface area contributed by atoms with Crippen LogP contribution < -0.4 is 0 Å². The van der Waals surface area contributed by atoms with Gasteiger partial charge in [-0.05, 0) is 61.6 Å². The summed E-state index contributed by atoms with van der Waals surface area (Å²) in [5.41, 5.74) is 5.34. The third-order valence-electron chi connectivity index (χ3n) is 6.26. The lowest BCUT2D eigenvalue weighted by atomic mass is 9.82. The number of rotatable bonds is 7. The molecular formula is C24H46OSi2. The van der Waals surface area contributed by atoms with Gasteiger partial charge >= 0.3 is 0 Å². The van der Waals surface area contributed by atoms with E-state index in [1.54, 1.807) is 5.57 Å². The van der Waals surface area contributed by atoms with Gasteiger partial charge in [0.15, 0.2) is 8.32 Å². The van der Waals surface area contributed by atoms with Gasteiger partial charge in [-0.1, -0.05) is 65.9 Å². The predicted molar refractivity (Wildman–Crippen MR) is 127 cm³/mol. The van der Waals surface area contributed by atoms with Crippen LogP contribution in [0.4, 0.5) is 0 Å². The summed E-state index contributed by atoms with van der Waals surface area (Å²) >= 11 is 0. The van der Waals surface area contributed by atoms with Gasteiger partial charge in [-0.25, -0.2) is 0 Å². The van der Waals surface area contributed by atoms with Crippen LogP contribution in [-0.4, -0.2) is 23.0 Å². The van der Waals surface area contributed by atoms with E-state index in [1.165, 1.54) is 19.3 Å². The molecular weight excluding hydrogens is 360 g/mol. The Morgan fingerprint density at radius 1 is 1.07 bits per heavy atom. The van der Waals surface area contributed by atoms with Crippen LogP contribution in [0.25, 0.3) is 0 Å². The van der Waals surface area contributed by atoms with Crippen LogP contribution >= 0.6 is 0 Å². The highest BCUT2D eigenvalue weighted by Gasteiger charge is 2.39. The van der Waals surface area contributed by atoms with Crippen LogP contribution in [0, 0.1) is 28.7 Å². The van der Waals surface area contributed by atoms with Gasteiger partial charge in [0.25, 0.3) is 0 Å². The van der Waals surface area contributed by atoms with Gasteiger partial charge in [0.05, 0.1) is 0 Å². The minimum Gasteiger partial charge on any atom is -0.416 e. The van der Waals surface area contributed by atoms with Crippen LogP contribution in [0.3, 0.4) is 0 Å². The average molecular weight is 407 g/mol. The van der Waals surface area contributed by atoms with Gasteiger partial charge in [0.1, 0.15) is 8.07 Å². The molecule has 2 atom stereocenters. The van der Waals surface area contributed by atoms with E-state index in [0.29, 0.717) is 5.92 Å². The van der Waals surface area contributed by atoms with Crippen molar-refractivity contribution in [2.45, 2.75) is 105 Å². The SMILES string of the molecule is CC1=C[C@@H](CC(C)(C)CO[Si](C)(C)C(C)(C)C)C[C@@H]1CCC#C[Si](C)(C)C. The van der Waals surface area contributed by atoms with Crippen LogP contribution in [0.2, 0.25) is 37.8 Å². The first-order chi connectivity index (χ1) is 12.0. The summed E-state index contributed by atoms with van der Waals surface area (Å²) in [4.78, 5) is 0. The zero-order valence-electron chi connectivity index (χ0n) is 20.2. The fraction of sp³-hybridized carbons (Fsp3) is 0.833. The van der Waals surface area contributed by atoms with Crippen LogP contribution in [0.15, 0.2) is 11.6 Å². The lowest BCUT2D eigenvalue weighted by Crippen LogP contribution is -2.43. The van der Waals surface area contributed by atoms with Crippen LogP contribution in [0.1, 0.15) is 67.2 Å². The molecule has 0 N–H and O–H groups in total. The first kappa shape index (κ1) is 24.7. The summed E-state index contributed by atoms with van der Waals surface area (Å²) in [6.07, 6.45) is 7.38. The smallest absolute Gasteiger partial charge is 0.192 e. The Labute approximate surface area is 172 Å². The van der Waals surface area contributed by atoms with Crippen molar-refractivity contribution in [1.82, 2.24) is 0 Å². The molecule has 0 amide bonds. The molecule has 0 saturated heterocycles. The maximum Gasteiger partial charge on any atom is 0.192 e. The lowest BCUT2D eigenvalue weighted by molar-refractivity contribution is 0.141. The summed E-state index contributed by atoms with van der Waals surface area (Å²) in [5.74, 6) is 4.90. The Kier molecular flexibility index (Phi) is 8.26. The quantitative estimate of drug-likeness (QED) is 0.239. The van der Waals surface area contributed by atoms with Crippen molar-refractivity contribution in [3.05, 3.63) is 11.6 Å². The molecule has 0 spiro atoms. The topological polar surface area (TPSA) is 9.23 Å². The van der Waals surface area contributed by atoms with Gasteiger partial charge in [0.2, 0.25) is 0 Å². The number of allylic oxidation sites excluding steroid dienone is 2. The Balaban J connectivity index is 2.53. The largest absolute Gasteiger partial charge is 0.416 e. The molecule has 0 fully saturated rings. The Morgan fingerprint density at radius 3 is 2.19 bits per heavy atom. The van der Waals surface area contributed by atoms with E-state index in [9.17, 15) is 0 Å². The van der Waals surface area contributed by atoms with E-state index >= 15 is 0 Å². The minimum atomic E-state index is -1.66. The number of hydrogen-bond donors (Lipinski definition) is 0. The third kappa shape index (κ3) is 8.71. The molecule has 3 heteroatoms. The van der Waals surface area contributed by atoms with E-state index in [1.807, 2.05) is 0 Å². The molecule has 0 aromatic carbocycles. The molecule has 27 heavy (non-hydrogen) atoms. The Bertz CT molecular complexity index is 576. The summed E-state index contributed by atoms with van der Waals surface area (Å²) in [6, 6.07) is 0. The highest BCUT2D eigenvalue weighted by molar-refractivity contribution is 6.83. The molecule has 156 valence electrons. The molecule has 0 aromatic rings. The fourth-order valence-electron chi connectivity index (χ4n) is 3.55. The van der Waals surface area contributed by atoms with Crippen molar-refractivity contribution < 1.29 is 4.43 Å². The molecule has 0 saturated carbocycles. The van der Waals surface area contributed by atoms with Gasteiger partial charge < -0.3 is 4.43 Å². The second-order valence-corrected chi connectivity index (χ2v) is 21.7. The van der Waals surface area contributed by atoms with Crippen molar-refractivity contribution in [2.24, 2.45) is 17.3 Å². The van der Waals surface area contributed by atoms with E-state index in [2.05, 4.69) is 91.8 Å². The van der Waals surface area contributed by atoms with Crippen molar-refractivity contribution in [1.29, 1.82) is 0 Å². The Hall–Kier alpha value is -0.306. The molecule has 0 radical (unpaired) electrons. The first-order valence-electron chi connectivity index (χ1n) is 10.8. The van der Waals surface area contributed by atoms with Gasteiger partial charge in [-0.15, -0.1) is 11.5 Å². The fourth-order valence-corrected chi connectivity index (χ4v) is 5.39. The number of hydrogen-bond acceptors (Lipinski definition) is 1. The zero-order chi connectivity index (χ0) is 21.1. The van der Waals surface area contributed by atoms with Crippen LogP contribution in [0.5, 0.6) is 0 Å². The Morgan fingerprint density at radius 2 is 1.67 bits per heavy atom. The van der Waals surface area contributed by atoms with E-state index in [0.717, 1.165) is 18.9 Å². The normalized spacial score (nSPS) is 21.7. The van der Waals surface area contributed by atoms with Crippen molar-refractivity contribution in [3.8, 4) is 11.5 Å². The summed E-state index contributed by atoms with van der Waals surface area (Å²) < 4.78 is 6.54. The minimum absolute atomic E-state index is 0.240. The van der Waals surface area contributed by atoms with E-state index < -0.39 is 16.4 Å². The highest BCUT2D eigenvalue weighted by Crippen LogP contribution is 2.41. The average Bonchev–Trinajstić information content (AvgIpc) is 2.78. The standard InChI is InChI=1S/C24H46OSi2/c1-20-16-21(17-22(20)14-12-13-15-26(7,8)9)18-24(5,6)19-25-27(10,11)23(2,3)4/h16,21-22H,12,14,17-19H2,1-11H3/t21-,22+/m1/s1. The lowest BCUT2D eigenvalue weighted by Gasteiger charge is -2.39. The van der Waals surface area contributed by atoms with Gasteiger partial charge in [0, 0.05) is 13.0 Å². The molecule has 0 aliphatic heterocycles. The summed E-state index contributed by atoms with van der Waals surface area (Å²) in [6.45, 7) is 26.7. The molecule has 1 aliphatic rings.